The molecule has 18 heavy (non-hydrogen) atoms. The lowest BCUT2D eigenvalue weighted by Gasteiger charge is -2.06. The van der Waals surface area contributed by atoms with E-state index in [4.69, 9.17) is 9.47 Å². The minimum Gasteiger partial charge on any atom is -0.425 e. The van der Waals surface area contributed by atoms with Crippen LogP contribution >= 0.6 is 0 Å². The summed E-state index contributed by atoms with van der Waals surface area (Å²) in [5, 5.41) is 0. The molecule has 0 fully saturated rings. The van der Waals surface area contributed by atoms with Crippen LogP contribution in [0.25, 0.3) is 0 Å². The van der Waals surface area contributed by atoms with Crippen LogP contribution in [0.3, 0.4) is 0 Å². The van der Waals surface area contributed by atoms with Gasteiger partial charge in [-0.2, -0.15) is 0 Å². The number of carbonyl (C=O) groups excluding carboxylic acids is 2. The van der Waals surface area contributed by atoms with E-state index in [1.54, 1.807) is 0 Å². The van der Waals surface area contributed by atoms with E-state index in [1.807, 2.05) is 0 Å². The van der Waals surface area contributed by atoms with Crippen LogP contribution in [0.1, 0.15) is 0 Å². The van der Waals surface area contributed by atoms with Crippen LogP contribution in [0.5, 0.6) is 11.5 Å². The van der Waals surface area contributed by atoms with Crippen molar-refractivity contribution in [2.45, 2.75) is 0 Å². The fourth-order valence-corrected chi connectivity index (χ4v) is 1.13. The Morgan fingerprint density at radius 3 is 1.44 bits per heavy atom. The Morgan fingerprint density at radius 1 is 0.833 bits per heavy atom. The van der Waals surface area contributed by atoms with Gasteiger partial charge in [-0.25, -0.2) is 9.59 Å². The van der Waals surface area contributed by atoms with Crippen molar-refractivity contribution in [2.75, 3.05) is 27.4 Å². The molecule has 0 saturated heterocycles. The smallest absolute Gasteiger partial charge is 0.337 e. The number of rotatable bonds is 6. The zero-order valence-corrected chi connectivity index (χ0v) is 10.2. The molecular formula is C12H14O6. The third kappa shape index (κ3) is 4.94. The van der Waals surface area contributed by atoms with Crippen LogP contribution in [-0.4, -0.2) is 39.4 Å². The van der Waals surface area contributed by atoms with Crippen molar-refractivity contribution < 1.29 is 28.5 Å². The van der Waals surface area contributed by atoms with Crippen LogP contribution < -0.4 is 9.47 Å². The topological polar surface area (TPSA) is 71.1 Å². The Morgan fingerprint density at radius 2 is 1.17 bits per heavy atom. The molecule has 6 nitrogen and oxygen atoms in total. The van der Waals surface area contributed by atoms with Gasteiger partial charge in [0.15, 0.2) is 0 Å². The summed E-state index contributed by atoms with van der Waals surface area (Å²) < 4.78 is 19.1. The quantitative estimate of drug-likeness (QED) is 0.552. The van der Waals surface area contributed by atoms with E-state index in [0.29, 0.717) is 11.5 Å². The van der Waals surface area contributed by atoms with Gasteiger partial charge in [0.2, 0.25) is 0 Å². The van der Waals surface area contributed by atoms with Gasteiger partial charge in [0.05, 0.1) is 0 Å². The maximum atomic E-state index is 11.1. The number of ether oxygens (including phenoxy) is 4. The molecule has 0 unspecified atom stereocenters. The SMILES string of the molecule is COCC(=O)Oc1ccc(OC(=O)COC)cc1. The number of esters is 2. The third-order valence-corrected chi connectivity index (χ3v) is 1.81. The highest BCUT2D eigenvalue weighted by atomic mass is 16.6. The van der Waals surface area contributed by atoms with E-state index in [0.717, 1.165) is 0 Å². The Labute approximate surface area is 104 Å². The summed E-state index contributed by atoms with van der Waals surface area (Å²) in [5.74, 6) is -0.296. The number of hydrogen-bond acceptors (Lipinski definition) is 6. The lowest BCUT2D eigenvalue weighted by atomic mass is 10.3. The normalized spacial score (nSPS) is 9.89. The number of methoxy groups -OCH3 is 2. The molecule has 0 spiro atoms. The maximum Gasteiger partial charge on any atom is 0.337 e. The monoisotopic (exact) mass is 254 g/mol. The van der Waals surface area contributed by atoms with Crippen molar-refractivity contribution in [1.29, 1.82) is 0 Å². The van der Waals surface area contributed by atoms with Crippen molar-refractivity contribution in [3.63, 3.8) is 0 Å². The van der Waals surface area contributed by atoms with Crippen LogP contribution in [-0.2, 0) is 19.1 Å². The Balaban J connectivity index is 2.52. The van der Waals surface area contributed by atoms with E-state index < -0.39 is 11.9 Å². The van der Waals surface area contributed by atoms with Gasteiger partial charge in [0.1, 0.15) is 24.7 Å². The molecule has 0 bridgehead atoms. The predicted molar refractivity (Wildman–Crippen MR) is 61.5 cm³/mol. The molecule has 1 rings (SSSR count). The molecule has 0 saturated carbocycles. The van der Waals surface area contributed by atoms with Gasteiger partial charge in [-0.05, 0) is 24.3 Å². The van der Waals surface area contributed by atoms with Gasteiger partial charge >= 0.3 is 11.9 Å². The fraction of sp³-hybridized carbons (Fsp3) is 0.333. The summed E-state index contributed by atoms with van der Waals surface area (Å²) in [7, 11) is 2.80. The van der Waals surface area contributed by atoms with E-state index in [9.17, 15) is 9.59 Å². The zero-order valence-electron chi connectivity index (χ0n) is 10.2. The van der Waals surface area contributed by atoms with E-state index in [-0.39, 0.29) is 13.2 Å². The summed E-state index contributed by atoms with van der Waals surface area (Å²) in [6.07, 6.45) is 0. The molecule has 0 heterocycles. The van der Waals surface area contributed by atoms with E-state index >= 15 is 0 Å². The molecule has 1 aromatic rings. The van der Waals surface area contributed by atoms with Crippen molar-refractivity contribution in [1.82, 2.24) is 0 Å². The standard InChI is InChI=1S/C12H14O6/c1-15-7-11(13)17-9-3-5-10(6-4-9)18-12(14)8-16-2/h3-6H,7-8H2,1-2H3. The molecule has 0 aliphatic carbocycles. The van der Waals surface area contributed by atoms with Crippen LogP contribution in [0.2, 0.25) is 0 Å². The Hall–Kier alpha value is -1.92. The summed E-state index contributed by atoms with van der Waals surface area (Å²) >= 11 is 0. The van der Waals surface area contributed by atoms with Gasteiger partial charge in [-0.3, -0.25) is 0 Å². The molecule has 6 heteroatoms. The lowest BCUT2D eigenvalue weighted by Crippen LogP contribution is -2.15. The maximum absolute atomic E-state index is 11.1. The molecule has 1 aromatic carbocycles. The second-order valence-corrected chi connectivity index (χ2v) is 3.29. The second-order valence-electron chi connectivity index (χ2n) is 3.29. The summed E-state index contributed by atoms with van der Waals surface area (Å²) in [6.45, 7) is -0.241. The molecule has 0 aliphatic heterocycles. The Bertz CT molecular complexity index is 359. The van der Waals surface area contributed by atoms with Crippen molar-refractivity contribution >= 4 is 11.9 Å². The molecule has 0 atom stereocenters. The summed E-state index contributed by atoms with van der Waals surface area (Å²) in [5.41, 5.74) is 0. The van der Waals surface area contributed by atoms with Gasteiger partial charge in [0, 0.05) is 14.2 Å². The lowest BCUT2D eigenvalue weighted by molar-refractivity contribution is -0.139. The molecule has 0 radical (unpaired) electrons. The van der Waals surface area contributed by atoms with Crippen LogP contribution in [0.4, 0.5) is 0 Å². The Kier molecular flexibility index (Phi) is 5.83. The molecule has 98 valence electrons. The molecule has 0 aromatic heterocycles. The summed E-state index contributed by atoms with van der Waals surface area (Å²) in [6, 6.07) is 6.07. The predicted octanol–water partition coefficient (Wildman–Crippen LogP) is 0.790. The van der Waals surface area contributed by atoms with Gasteiger partial charge in [-0.1, -0.05) is 0 Å². The van der Waals surface area contributed by atoms with E-state index in [2.05, 4.69) is 9.47 Å². The van der Waals surface area contributed by atoms with Gasteiger partial charge < -0.3 is 18.9 Å². The van der Waals surface area contributed by atoms with Crippen LogP contribution in [0, 0.1) is 0 Å². The first-order valence-corrected chi connectivity index (χ1v) is 5.15. The molecule has 0 aliphatic rings. The molecule has 0 amide bonds. The van der Waals surface area contributed by atoms with Crippen molar-refractivity contribution in [3.05, 3.63) is 24.3 Å². The second kappa shape index (κ2) is 7.41. The minimum atomic E-state index is -0.498. The van der Waals surface area contributed by atoms with Crippen molar-refractivity contribution in [2.24, 2.45) is 0 Å². The first-order chi connectivity index (χ1) is 8.65. The van der Waals surface area contributed by atoms with Gasteiger partial charge in [0.25, 0.3) is 0 Å². The van der Waals surface area contributed by atoms with Crippen LogP contribution in [0.15, 0.2) is 24.3 Å². The highest BCUT2D eigenvalue weighted by molar-refractivity contribution is 5.74. The van der Waals surface area contributed by atoms with Gasteiger partial charge in [-0.15, -0.1) is 0 Å². The fourth-order valence-electron chi connectivity index (χ4n) is 1.13. The average Bonchev–Trinajstić information content (AvgIpc) is 2.32. The zero-order chi connectivity index (χ0) is 13.4. The highest BCUT2D eigenvalue weighted by Gasteiger charge is 2.06. The molecular weight excluding hydrogens is 240 g/mol. The first-order valence-electron chi connectivity index (χ1n) is 5.15. The average molecular weight is 254 g/mol. The minimum absolute atomic E-state index is 0.120. The number of hydrogen-bond donors (Lipinski definition) is 0. The number of carbonyl (C=O) groups is 2. The van der Waals surface area contributed by atoms with E-state index in [1.165, 1.54) is 38.5 Å². The first kappa shape index (κ1) is 14.1. The van der Waals surface area contributed by atoms with Crippen molar-refractivity contribution in [3.8, 4) is 11.5 Å². The summed E-state index contributed by atoms with van der Waals surface area (Å²) in [4.78, 5) is 22.2. The third-order valence-electron chi connectivity index (χ3n) is 1.81. The highest BCUT2D eigenvalue weighted by Crippen LogP contribution is 2.17. The largest absolute Gasteiger partial charge is 0.425 e. The molecule has 0 N–H and O–H groups in total. The number of benzene rings is 1.